The van der Waals surface area contributed by atoms with E-state index in [4.69, 9.17) is 0 Å². The maximum absolute atomic E-state index is 11.6. The van der Waals surface area contributed by atoms with E-state index < -0.39 is 9.84 Å². The van der Waals surface area contributed by atoms with Crippen LogP contribution in [0.15, 0.2) is 6.07 Å². The molecular weight excluding hydrogens is 276 g/mol. The fourth-order valence-corrected chi connectivity index (χ4v) is 3.91. The van der Waals surface area contributed by atoms with Crippen LogP contribution in [0.4, 0.5) is 11.8 Å². The van der Waals surface area contributed by atoms with Crippen LogP contribution in [-0.2, 0) is 9.84 Å². The molecule has 2 heterocycles. The molecule has 0 amide bonds. The highest BCUT2D eigenvalue weighted by Crippen LogP contribution is 2.21. The minimum atomic E-state index is -2.91. The maximum Gasteiger partial charge on any atom is 0.224 e. The summed E-state index contributed by atoms with van der Waals surface area (Å²) in [6.07, 6.45) is 1.00. The van der Waals surface area contributed by atoms with Gasteiger partial charge >= 0.3 is 0 Å². The van der Waals surface area contributed by atoms with E-state index in [1.165, 1.54) is 0 Å². The Labute approximate surface area is 120 Å². The van der Waals surface area contributed by atoms with E-state index in [9.17, 15) is 8.42 Å². The van der Waals surface area contributed by atoms with Gasteiger partial charge in [-0.05, 0) is 20.3 Å². The summed E-state index contributed by atoms with van der Waals surface area (Å²) in [5, 5.41) is 3.18. The van der Waals surface area contributed by atoms with E-state index >= 15 is 0 Å². The minimum Gasteiger partial charge on any atom is -0.354 e. The van der Waals surface area contributed by atoms with Gasteiger partial charge in [0.2, 0.25) is 5.95 Å². The number of hydrogen-bond acceptors (Lipinski definition) is 6. The zero-order chi connectivity index (χ0) is 14.8. The van der Waals surface area contributed by atoms with Crippen LogP contribution in [0.5, 0.6) is 0 Å². The van der Waals surface area contributed by atoms with Crippen molar-refractivity contribution in [3.8, 4) is 0 Å². The third kappa shape index (κ3) is 3.59. The smallest absolute Gasteiger partial charge is 0.224 e. The van der Waals surface area contributed by atoms with Crippen LogP contribution in [0.1, 0.15) is 26.0 Å². The van der Waals surface area contributed by atoms with E-state index in [0.717, 1.165) is 24.5 Å². The molecule has 2 rings (SSSR count). The van der Waals surface area contributed by atoms with Gasteiger partial charge in [-0.2, -0.15) is 4.98 Å². The van der Waals surface area contributed by atoms with Gasteiger partial charge in [0, 0.05) is 30.9 Å². The van der Waals surface area contributed by atoms with Crippen LogP contribution < -0.4 is 10.2 Å². The molecule has 20 heavy (non-hydrogen) atoms. The number of aryl methyl sites for hydroxylation is 1. The fraction of sp³-hybridized carbons (Fsp3) is 0.692. The molecule has 1 unspecified atom stereocenters. The zero-order valence-corrected chi connectivity index (χ0v) is 13.1. The lowest BCUT2D eigenvalue weighted by atomic mass is 10.3. The standard InChI is InChI=1S/C13H22N4O2S/c1-4-5-14-13-15-10(2)8-12(16-13)17-6-7-20(18,19)9-11(17)3/h8,11H,4-7,9H2,1-3H3,(H,14,15,16). The SMILES string of the molecule is CCCNc1nc(C)cc(N2CCS(=O)(=O)CC2C)n1. The molecule has 1 aliphatic rings. The molecule has 0 aliphatic carbocycles. The first-order chi connectivity index (χ1) is 9.41. The lowest BCUT2D eigenvalue weighted by molar-refractivity contribution is 0.566. The molecule has 1 fully saturated rings. The van der Waals surface area contributed by atoms with Crippen molar-refractivity contribution in [2.24, 2.45) is 0 Å². The van der Waals surface area contributed by atoms with Gasteiger partial charge in [0.05, 0.1) is 11.5 Å². The van der Waals surface area contributed by atoms with Gasteiger partial charge in [0.1, 0.15) is 5.82 Å². The number of nitrogens with zero attached hydrogens (tertiary/aromatic N) is 3. The third-order valence-corrected chi connectivity index (χ3v) is 5.13. The number of sulfone groups is 1. The van der Waals surface area contributed by atoms with Crippen molar-refractivity contribution in [1.82, 2.24) is 9.97 Å². The summed E-state index contributed by atoms with van der Waals surface area (Å²) in [4.78, 5) is 10.9. The highest BCUT2D eigenvalue weighted by molar-refractivity contribution is 7.91. The van der Waals surface area contributed by atoms with Crippen LogP contribution in [0.2, 0.25) is 0 Å². The summed E-state index contributed by atoms with van der Waals surface area (Å²) in [6, 6.07) is 1.85. The summed E-state index contributed by atoms with van der Waals surface area (Å²) in [6.45, 7) is 7.25. The van der Waals surface area contributed by atoms with Crippen LogP contribution >= 0.6 is 0 Å². The van der Waals surface area contributed by atoms with Crippen molar-refractivity contribution < 1.29 is 8.42 Å². The Bertz CT molecular complexity index is 574. The molecule has 0 aromatic carbocycles. The molecule has 0 saturated carbocycles. The van der Waals surface area contributed by atoms with Gasteiger partial charge in [-0.15, -0.1) is 0 Å². The largest absolute Gasteiger partial charge is 0.354 e. The number of anilines is 2. The molecule has 0 spiro atoms. The van der Waals surface area contributed by atoms with E-state index in [-0.39, 0.29) is 17.5 Å². The van der Waals surface area contributed by atoms with Crippen molar-refractivity contribution in [1.29, 1.82) is 0 Å². The van der Waals surface area contributed by atoms with E-state index in [1.54, 1.807) is 0 Å². The molecular formula is C13H22N4O2S. The molecule has 7 heteroatoms. The van der Waals surface area contributed by atoms with Gasteiger partial charge < -0.3 is 10.2 Å². The van der Waals surface area contributed by atoms with Gasteiger partial charge in [-0.3, -0.25) is 0 Å². The Morgan fingerprint density at radius 1 is 1.45 bits per heavy atom. The van der Waals surface area contributed by atoms with Crippen molar-refractivity contribution >= 4 is 21.6 Å². The molecule has 1 N–H and O–H groups in total. The van der Waals surface area contributed by atoms with Crippen molar-refractivity contribution in [3.05, 3.63) is 11.8 Å². The molecule has 1 saturated heterocycles. The topological polar surface area (TPSA) is 75.2 Å². The molecule has 0 radical (unpaired) electrons. The normalized spacial score (nSPS) is 21.8. The Hall–Kier alpha value is -1.37. The molecule has 6 nitrogen and oxygen atoms in total. The fourth-order valence-electron chi connectivity index (χ4n) is 2.35. The van der Waals surface area contributed by atoms with Gasteiger partial charge in [0.25, 0.3) is 0 Å². The van der Waals surface area contributed by atoms with Crippen molar-refractivity contribution in [2.45, 2.75) is 33.2 Å². The summed E-state index contributed by atoms with van der Waals surface area (Å²) >= 11 is 0. The zero-order valence-electron chi connectivity index (χ0n) is 12.3. The van der Waals surface area contributed by atoms with Crippen LogP contribution in [0.3, 0.4) is 0 Å². The first kappa shape index (κ1) is 15.0. The Balaban J connectivity index is 2.22. The van der Waals surface area contributed by atoms with Gasteiger partial charge in [-0.1, -0.05) is 6.92 Å². The van der Waals surface area contributed by atoms with Crippen LogP contribution in [0, 0.1) is 6.92 Å². The Morgan fingerprint density at radius 2 is 2.20 bits per heavy atom. The lowest BCUT2D eigenvalue weighted by Gasteiger charge is -2.34. The Kier molecular flexibility index (Phi) is 4.47. The molecule has 1 aliphatic heterocycles. The number of nitrogens with one attached hydrogen (secondary N) is 1. The highest BCUT2D eigenvalue weighted by Gasteiger charge is 2.29. The van der Waals surface area contributed by atoms with Crippen molar-refractivity contribution in [3.63, 3.8) is 0 Å². The van der Waals surface area contributed by atoms with Gasteiger partial charge in [0.15, 0.2) is 9.84 Å². The van der Waals surface area contributed by atoms with Gasteiger partial charge in [-0.25, -0.2) is 13.4 Å². The predicted octanol–water partition coefficient (Wildman–Crippen LogP) is 1.23. The molecule has 112 valence electrons. The minimum absolute atomic E-state index is 0.0536. The summed E-state index contributed by atoms with van der Waals surface area (Å²) in [7, 11) is -2.91. The van der Waals surface area contributed by atoms with E-state index in [2.05, 4.69) is 22.2 Å². The first-order valence-corrected chi connectivity index (χ1v) is 8.80. The maximum atomic E-state index is 11.6. The second kappa shape index (κ2) is 5.95. The highest BCUT2D eigenvalue weighted by atomic mass is 32.2. The monoisotopic (exact) mass is 298 g/mol. The Morgan fingerprint density at radius 3 is 2.85 bits per heavy atom. The first-order valence-electron chi connectivity index (χ1n) is 6.98. The number of hydrogen-bond donors (Lipinski definition) is 1. The molecule has 0 bridgehead atoms. The molecule has 1 aromatic heterocycles. The quantitative estimate of drug-likeness (QED) is 0.901. The number of rotatable bonds is 4. The van der Waals surface area contributed by atoms with Crippen LogP contribution in [0.25, 0.3) is 0 Å². The van der Waals surface area contributed by atoms with E-state index in [0.29, 0.717) is 12.5 Å². The predicted molar refractivity (Wildman–Crippen MR) is 81.0 cm³/mol. The average molecular weight is 298 g/mol. The third-order valence-electron chi connectivity index (χ3n) is 3.34. The summed E-state index contributed by atoms with van der Waals surface area (Å²) < 4.78 is 23.3. The lowest BCUT2D eigenvalue weighted by Crippen LogP contribution is -2.47. The molecule has 1 aromatic rings. The average Bonchev–Trinajstić information content (AvgIpc) is 2.34. The van der Waals surface area contributed by atoms with E-state index in [1.807, 2.05) is 24.8 Å². The van der Waals surface area contributed by atoms with Crippen molar-refractivity contribution in [2.75, 3.05) is 34.8 Å². The summed E-state index contributed by atoms with van der Waals surface area (Å²) in [5.74, 6) is 1.80. The number of aromatic nitrogens is 2. The second-order valence-corrected chi connectivity index (χ2v) is 7.50. The summed E-state index contributed by atoms with van der Waals surface area (Å²) in [5.41, 5.74) is 0.884. The second-order valence-electron chi connectivity index (χ2n) is 5.27. The van der Waals surface area contributed by atoms with Crippen LogP contribution in [-0.4, -0.2) is 49.0 Å². The molecule has 1 atom stereocenters.